The van der Waals surface area contributed by atoms with Crippen molar-refractivity contribution in [2.24, 2.45) is 0 Å². The van der Waals surface area contributed by atoms with Crippen LogP contribution in [-0.2, 0) is 23.0 Å². The van der Waals surface area contributed by atoms with Crippen molar-refractivity contribution in [1.82, 2.24) is 4.31 Å². The lowest BCUT2D eigenvalue weighted by Gasteiger charge is -2.27. The molecule has 1 aromatic carbocycles. The van der Waals surface area contributed by atoms with Gasteiger partial charge in [0.1, 0.15) is 0 Å². The third kappa shape index (κ3) is 2.77. The summed E-state index contributed by atoms with van der Waals surface area (Å²) in [6.07, 6.45) is 0.680. The molecule has 6 nitrogen and oxygen atoms in total. The molecule has 0 saturated carbocycles. The molecule has 0 bridgehead atoms. The van der Waals surface area contributed by atoms with Crippen LogP contribution in [-0.4, -0.2) is 24.2 Å². The molecule has 8 heteroatoms. The number of fused-ring (bicyclic) bond motifs is 1. The molecular weight excluding hydrogens is 336 g/mol. The van der Waals surface area contributed by atoms with Gasteiger partial charge in [0.2, 0.25) is 10.0 Å². The molecule has 2 aromatic rings. The van der Waals surface area contributed by atoms with Crippen LogP contribution >= 0.6 is 11.3 Å². The highest BCUT2D eigenvalue weighted by Gasteiger charge is 2.31. The van der Waals surface area contributed by atoms with E-state index in [1.165, 1.54) is 21.3 Å². The maximum absolute atomic E-state index is 13.0. The van der Waals surface area contributed by atoms with Crippen LogP contribution in [0.1, 0.15) is 21.6 Å². The minimum atomic E-state index is -3.76. The third-order valence-electron chi connectivity index (χ3n) is 4.21. The lowest BCUT2D eigenvalue weighted by atomic mass is 10.1. The molecule has 0 spiro atoms. The van der Waals surface area contributed by atoms with E-state index in [9.17, 15) is 18.5 Å². The van der Waals surface area contributed by atoms with Crippen LogP contribution in [0.4, 0.5) is 5.69 Å². The SMILES string of the molecule is Cc1cc([N+](=O)[O-])cc(S(=O)(=O)N2CCc3sccc3C2)c1C. The quantitative estimate of drug-likeness (QED) is 0.628. The van der Waals surface area contributed by atoms with Crippen LogP contribution in [0.25, 0.3) is 0 Å². The number of nitro groups is 1. The summed E-state index contributed by atoms with van der Waals surface area (Å²) in [5, 5.41) is 13.0. The Kier molecular flexibility index (Phi) is 3.99. The van der Waals surface area contributed by atoms with Crippen LogP contribution < -0.4 is 0 Å². The fourth-order valence-electron chi connectivity index (χ4n) is 2.75. The largest absolute Gasteiger partial charge is 0.271 e. The number of benzene rings is 1. The van der Waals surface area contributed by atoms with Gasteiger partial charge in [-0.15, -0.1) is 11.3 Å². The Bertz CT molecular complexity index is 887. The molecule has 3 rings (SSSR count). The summed E-state index contributed by atoms with van der Waals surface area (Å²) in [5.74, 6) is 0. The van der Waals surface area contributed by atoms with Crippen molar-refractivity contribution in [2.45, 2.75) is 31.7 Å². The summed E-state index contributed by atoms with van der Waals surface area (Å²) in [6, 6.07) is 4.51. The monoisotopic (exact) mass is 352 g/mol. The number of thiophene rings is 1. The molecule has 0 aliphatic carbocycles. The summed E-state index contributed by atoms with van der Waals surface area (Å²) in [6.45, 7) is 4.10. The van der Waals surface area contributed by atoms with Gasteiger partial charge in [0.05, 0.1) is 9.82 Å². The normalized spacial score (nSPS) is 15.4. The highest BCUT2D eigenvalue weighted by molar-refractivity contribution is 7.89. The van der Waals surface area contributed by atoms with E-state index in [4.69, 9.17) is 0 Å². The molecule has 122 valence electrons. The number of aryl methyl sites for hydroxylation is 1. The fourth-order valence-corrected chi connectivity index (χ4v) is 5.37. The molecule has 2 heterocycles. The van der Waals surface area contributed by atoms with Crippen LogP contribution in [0, 0.1) is 24.0 Å². The molecule has 1 aromatic heterocycles. The van der Waals surface area contributed by atoms with Gasteiger partial charge >= 0.3 is 0 Å². The average Bonchev–Trinajstić information content (AvgIpc) is 2.96. The van der Waals surface area contributed by atoms with Crippen molar-refractivity contribution in [1.29, 1.82) is 0 Å². The molecule has 0 unspecified atom stereocenters. The van der Waals surface area contributed by atoms with Gasteiger partial charge < -0.3 is 0 Å². The Balaban J connectivity index is 2.05. The van der Waals surface area contributed by atoms with E-state index in [0.717, 1.165) is 5.56 Å². The minimum absolute atomic E-state index is 0.0304. The van der Waals surface area contributed by atoms with Gasteiger partial charge in [-0.25, -0.2) is 8.42 Å². The minimum Gasteiger partial charge on any atom is -0.258 e. The summed E-state index contributed by atoms with van der Waals surface area (Å²) in [5.41, 5.74) is 1.99. The van der Waals surface area contributed by atoms with Crippen molar-refractivity contribution in [3.05, 3.63) is 55.3 Å². The zero-order chi connectivity index (χ0) is 16.8. The molecule has 0 fully saturated rings. The Labute approximate surface area is 138 Å². The summed E-state index contributed by atoms with van der Waals surface area (Å²) < 4.78 is 27.4. The highest BCUT2D eigenvalue weighted by Crippen LogP contribution is 2.32. The molecule has 23 heavy (non-hydrogen) atoms. The lowest BCUT2D eigenvalue weighted by molar-refractivity contribution is -0.385. The summed E-state index contributed by atoms with van der Waals surface area (Å²) >= 11 is 1.64. The number of hydrogen-bond acceptors (Lipinski definition) is 5. The number of non-ortho nitro benzene ring substituents is 1. The maximum atomic E-state index is 13.0. The standard InChI is InChI=1S/C15H16N2O4S2/c1-10-7-13(17(18)19)8-15(11(10)2)23(20,21)16-5-3-14-12(9-16)4-6-22-14/h4,6-8H,3,5,9H2,1-2H3. The van der Waals surface area contributed by atoms with E-state index in [1.807, 2.05) is 11.4 Å². The fraction of sp³-hybridized carbons (Fsp3) is 0.333. The molecule has 0 atom stereocenters. The number of rotatable bonds is 3. The molecule has 1 aliphatic rings. The summed E-state index contributed by atoms with van der Waals surface area (Å²) in [7, 11) is -3.76. The second kappa shape index (κ2) is 5.70. The van der Waals surface area contributed by atoms with Gasteiger partial charge in [-0.2, -0.15) is 4.31 Å². The second-order valence-corrected chi connectivity index (χ2v) is 8.51. The zero-order valence-electron chi connectivity index (χ0n) is 12.8. The van der Waals surface area contributed by atoms with Crippen molar-refractivity contribution < 1.29 is 13.3 Å². The first-order valence-corrected chi connectivity index (χ1v) is 9.43. The van der Waals surface area contributed by atoms with Gasteiger partial charge in [0.15, 0.2) is 0 Å². The van der Waals surface area contributed by atoms with Crippen molar-refractivity contribution in [3.8, 4) is 0 Å². The van der Waals surface area contributed by atoms with Crippen molar-refractivity contribution in [3.63, 3.8) is 0 Å². The van der Waals surface area contributed by atoms with E-state index >= 15 is 0 Å². The Morgan fingerprint density at radius 3 is 2.74 bits per heavy atom. The van der Waals surface area contributed by atoms with Crippen LogP contribution in [0.15, 0.2) is 28.5 Å². The number of nitrogens with zero attached hydrogens (tertiary/aromatic N) is 2. The van der Waals surface area contributed by atoms with Crippen LogP contribution in [0.5, 0.6) is 0 Å². The van der Waals surface area contributed by atoms with Gasteiger partial charge in [-0.3, -0.25) is 10.1 Å². The van der Waals surface area contributed by atoms with Crippen molar-refractivity contribution in [2.75, 3.05) is 6.54 Å². The van der Waals surface area contributed by atoms with Gasteiger partial charge in [-0.1, -0.05) is 0 Å². The van der Waals surface area contributed by atoms with Crippen LogP contribution in [0.2, 0.25) is 0 Å². The Morgan fingerprint density at radius 1 is 1.30 bits per heavy atom. The van der Waals surface area contributed by atoms with E-state index < -0.39 is 14.9 Å². The average molecular weight is 352 g/mol. The molecular formula is C15H16N2O4S2. The molecule has 1 aliphatic heterocycles. The van der Waals surface area contributed by atoms with E-state index in [2.05, 4.69) is 0 Å². The number of hydrogen-bond donors (Lipinski definition) is 0. The first-order chi connectivity index (χ1) is 10.8. The predicted molar refractivity (Wildman–Crippen MR) is 88.2 cm³/mol. The molecule has 0 amide bonds. The van der Waals surface area contributed by atoms with E-state index in [1.54, 1.807) is 25.2 Å². The van der Waals surface area contributed by atoms with Gasteiger partial charge in [-0.05, 0) is 48.4 Å². The van der Waals surface area contributed by atoms with Crippen molar-refractivity contribution >= 4 is 27.0 Å². The highest BCUT2D eigenvalue weighted by atomic mass is 32.2. The summed E-state index contributed by atoms with van der Waals surface area (Å²) in [4.78, 5) is 11.7. The molecule has 0 saturated heterocycles. The zero-order valence-corrected chi connectivity index (χ0v) is 14.4. The number of sulfonamides is 1. The third-order valence-corrected chi connectivity index (χ3v) is 7.20. The lowest BCUT2D eigenvalue weighted by Crippen LogP contribution is -2.35. The van der Waals surface area contributed by atoms with Gasteiger partial charge in [0, 0.05) is 30.1 Å². The second-order valence-electron chi connectivity index (χ2n) is 5.60. The maximum Gasteiger partial charge on any atom is 0.271 e. The Morgan fingerprint density at radius 2 is 2.04 bits per heavy atom. The first-order valence-electron chi connectivity index (χ1n) is 7.11. The molecule has 0 N–H and O–H groups in total. The smallest absolute Gasteiger partial charge is 0.258 e. The molecule has 0 radical (unpaired) electrons. The first kappa shape index (κ1) is 16.1. The van der Waals surface area contributed by atoms with Crippen LogP contribution in [0.3, 0.4) is 0 Å². The topological polar surface area (TPSA) is 80.5 Å². The van der Waals surface area contributed by atoms with E-state index in [0.29, 0.717) is 30.6 Å². The van der Waals surface area contributed by atoms with Gasteiger partial charge in [0.25, 0.3) is 5.69 Å². The Hall–Kier alpha value is -1.77. The predicted octanol–water partition coefficient (Wildman–Crippen LogP) is 3.02. The van der Waals surface area contributed by atoms with E-state index in [-0.39, 0.29) is 10.6 Å². The number of nitro benzene ring substituents is 1.